The van der Waals surface area contributed by atoms with E-state index < -0.39 is 12.1 Å². The lowest BCUT2D eigenvalue weighted by atomic mass is 10.0. The molecule has 3 atom stereocenters. The Balaban J connectivity index is 1.66. The van der Waals surface area contributed by atoms with Gasteiger partial charge in [-0.1, -0.05) is 48.6 Å². The first kappa shape index (κ1) is 22.7. The van der Waals surface area contributed by atoms with Crippen molar-refractivity contribution < 1.29 is 20.1 Å². The zero-order valence-corrected chi connectivity index (χ0v) is 17.5. The Morgan fingerprint density at radius 2 is 1.68 bits per heavy atom. The average molecular weight is 424 g/mol. The number of ether oxygens (including phenoxy) is 1. The fourth-order valence-electron chi connectivity index (χ4n) is 3.18. The molecule has 0 saturated heterocycles. The third kappa shape index (κ3) is 6.02. The van der Waals surface area contributed by atoms with Crippen LogP contribution in [0.1, 0.15) is 30.5 Å². The number of aliphatic hydroxyl groups excluding tert-OH is 3. The summed E-state index contributed by atoms with van der Waals surface area (Å²) in [6.07, 6.45) is 6.50. The second kappa shape index (κ2) is 10.9. The molecule has 7 nitrogen and oxygen atoms in total. The molecule has 0 saturated carbocycles. The van der Waals surface area contributed by atoms with Gasteiger partial charge in [-0.2, -0.15) is 0 Å². The van der Waals surface area contributed by atoms with Crippen molar-refractivity contribution in [3.63, 3.8) is 0 Å². The van der Waals surface area contributed by atoms with Crippen molar-refractivity contribution in [3.8, 4) is 16.9 Å². The summed E-state index contributed by atoms with van der Waals surface area (Å²) in [6, 6.07) is 15.1. The van der Waals surface area contributed by atoms with Crippen LogP contribution in [0.3, 0.4) is 0 Å². The molecule has 0 fully saturated rings. The smallest absolute Gasteiger partial charge is 0.137 e. The van der Waals surface area contributed by atoms with E-state index in [-0.39, 0.29) is 25.9 Å². The number of nitrogens with two attached hydrogens (primary N) is 1. The lowest BCUT2D eigenvalue weighted by Gasteiger charge is -2.16. The molecule has 3 rings (SSSR count). The van der Waals surface area contributed by atoms with Gasteiger partial charge >= 0.3 is 0 Å². The van der Waals surface area contributed by atoms with Crippen molar-refractivity contribution in [2.45, 2.75) is 25.1 Å². The Morgan fingerprint density at radius 1 is 1.03 bits per heavy atom. The molecular formula is C24H29N3O4. The first-order valence-corrected chi connectivity index (χ1v) is 10.2. The quantitative estimate of drug-likeness (QED) is 0.399. The maximum Gasteiger partial charge on any atom is 0.137 e. The Kier molecular flexibility index (Phi) is 7.97. The number of rotatable bonds is 10. The minimum atomic E-state index is -0.708. The van der Waals surface area contributed by atoms with E-state index in [1.807, 2.05) is 60.7 Å². The molecule has 7 heteroatoms. The van der Waals surface area contributed by atoms with Crippen molar-refractivity contribution in [2.75, 3.05) is 19.8 Å². The molecule has 0 unspecified atom stereocenters. The van der Waals surface area contributed by atoms with E-state index in [1.165, 1.54) is 0 Å². The van der Waals surface area contributed by atoms with Crippen molar-refractivity contribution in [1.82, 2.24) is 9.55 Å². The van der Waals surface area contributed by atoms with Gasteiger partial charge in [0.2, 0.25) is 0 Å². The fourth-order valence-corrected chi connectivity index (χ4v) is 3.18. The molecule has 2 aromatic carbocycles. The SMILES string of the molecule is C[C@H](O)c1nccn1[C@@H](/C=C/c1ccc(-c2ccc(OC[C@H](N)CO)cc2)cc1)CO. The van der Waals surface area contributed by atoms with Crippen molar-refractivity contribution in [2.24, 2.45) is 5.73 Å². The van der Waals surface area contributed by atoms with Gasteiger partial charge in [-0.15, -0.1) is 0 Å². The van der Waals surface area contributed by atoms with Gasteiger partial charge < -0.3 is 30.4 Å². The van der Waals surface area contributed by atoms with Gasteiger partial charge in [-0.3, -0.25) is 0 Å². The maximum absolute atomic E-state index is 9.83. The molecule has 0 aliphatic heterocycles. The van der Waals surface area contributed by atoms with Gasteiger partial charge in [-0.05, 0) is 35.7 Å². The summed E-state index contributed by atoms with van der Waals surface area (Å²) in [6.45, 7) is 1.71. The zero-order chi connectivity index (χ0) is 22.2. The largest absolute Gasteiger partial charge is 0.492 e. The van der Waals surface area contributed by atoms with E-state index in [0.717, 1.165) is 16.7 Å². The highest BCUT2D eigenvalue weighted by Crippen LogP contribution is 2.24. The van der Waals surface area contributed by atoms with Crippen LogP contribution in [0.4, 0.5) is 0 Å². The van der Waals surface area contributed by atoms with E-state index in [2.05, 4.69) is 4.98 Å². The number of hydrogen-bond acceptors (Lipinski definition) is 6. The third-order valence-electron chi connectivity index (χ3n) is 4.92. The highest BCUT2D eigenvalue weighted by molar-refractivity contribution is 5.66. The molecule has 3 aromatic rings. The molecule has 0 amide bonds. The first-order chi connectivity index (χ1) is 15.0. The molecule has 5 N–H and O–H groups in total. The molecular weight excluding hydrogens is 394 g/mol. The Morgan fingerprint density at radius 3 is 2.26 bits per heavy atom. The standard InChI is InChI=1S/C24H29N3O4/c1-17(30)24-26-12-13-27(24)22(15-29)9-4-18-2-5-19(6-3-18)20-7-10-23(11-8-20)31-16-21(25)14-28/h2-13,17,21-22,28-30H,14-16,25H2,1H3/b9-4+/t17-,21+,22-/m0/s1. The molecule has 0 radical (unpaired) electrons. The predicted octanol–water partition coefficient (Wildman–Crippen LogP) is 2.55. The third-order valence-corrected chi connectivity index (χ3v) is 4.92. The zero-order valence-electron chi connectivity index (χ0n) is 17.5. The predicted molar refractivity (Wildman–Crippen MR) is 120 cm³/mol. The summed E-state index contributed by atoms with van der Waals surface area (Å²) < 4.78 is 7.32. The van der Waals surface area contributed by atoms with Crippen LogP contribution in [0, 0.1) is 0 Å². The molecule has 0 spiro atoms. The van der Waals surface area contributed by atoms with Crippen LogP contribution >= 0.6 is 0 Å². The fraction of sp³-hybridized carbons (Fsp3) is 0.292. The summed E-state index contributed by atoms with van der Waals surface area (Å²) >= 11 is 0. The maximum atomic E-state index is 9.83. The molecule has 0 aliphatic rings. The number of imidazole rings is 1. The van der Waals surface area contributed by atoms with Crippen LogP contribution in [-0.4, -0.2) is 50.7 Å². The summed E-state index contributed by atoms with van der Waals surface area (Å²) in [5.41, 5.74) is 8.77. The van der Waals surface area contributed by atoms with Crippen LogP contribution in [0.25, 0.3) is 17.2 Å². The van der Waals surface area contributed by atoms with Gasteiger partial charge in [-0.25, -0.2) is 4.98 Å². The Hall–Kier alpha value is -2.97. The van der Waals surface area contributed by atoms with E-state index >= 15 is 0 Å². The van der Waals surface area contributed by atoms with E-state index in [4.69, 9.17) is 15.6 Å². The van der Waals surface area contributed by atoms with E-state index in [0.29, 0.717) is 11.6 Å². The highest BCUT2D eigenvalue weighted by Gasteiger charge is 2.14. The van der Waals surface area contributed by atoms with Gasteiger partial charge in [0.25, 0.3) is 0 Å². The van der Waals surface area contributed by atoms with Crippen LogP contribution in [0.2, 0.25) is 0 Å². The van der Waals surface area contributed by atoms with Gasteiger partial charge in [0.1, 0.15) is 24.3 Å². The minimum Gasteiger partial charge on any atom is -0.492 e. The number of nitrogens with zero attached hydrogens (tertiary/aromatic N) is 2. The van der Waals surface area contributed by atoms with Crippen molar-refractivity contribution in [3.05, 3.63) is 78.4 Å². The number of benzene rings is 2. The van der Waals surface area contributed by atoms with Gasteiger partial charge in [0.05, 0.1) is 25.3 Å². The van der Waals surface area contributed by atoms with Crippen molar-refractivity contribution >= 4 is 6.08 Å². The second-order valence-corrected chi connectivity index (χ2v) is 7.38. The van der Waals surface area contributed by atoms with Crippen LogP contribution in [0.5, 0.6) is 5.75 Å². The molecule has 0 aliphatic carbocycles. The topological polar surface area (TPSA) is 114 Å². The Bertz CT molecular complexity index is 965. The van der Waals surface area contributed by atoms with Gasteiger partial charge in [0.15, 0.2) is 0 Å². The lowest BCUT2D eigenvalue weighted by Crippen LogP contribution is -2.31. The lowest BCUT2D eigenvalue weighted by molar-refractivity contribution is 0.175. The molecule has 1 aromatic heterocycles. The normalized spacial score (nSPS) is 14.5. The summed E-state index contributed by atoms with van der Waals surface area (Å²) in [7, 11) is 0. The van der Waals surface area contributed by atoms with Gasteiger partial charge in [0, 0.05) is 12.4 Å². The van der Waals surface area contributed by atoms with Crippen LogP contribution < -0.4 is 10.5 Å². The summed E-state index contributed by atoms with van der Waals surface area (Å²) in [5, 5.41) is 28.6. The average Bonchev–Trinajstić information content (AvgIpc) is 3.29. The van der Waals surface area contributed by atoms with Crippen LogP contribution in [-0.2, 0) is 0 Å². The molecule has 31 heavy (non-hydrogen) atoms. The second-order valence-electron chi connectivity index (χ2n) is 7.38. The molecule has 0 bridgehead atoms. The molecule has 1 heterocycles. The highest BCUT2D eigenvalue weighted by atomic mass is 16.5. The number of aliphatic hydroxyl groups is 3. The number of hydrogen-bond donors (Lipinski definition) is 4. The minimum absolute atomic E-state index is 0.0949. The number of aromatic nitrogens is 2. The first-order valence-electron chi connectivity index (χ1n) is 10.2. The van der Waals surface area contributed by atoms with Crippen LogP contribution in [0.15, 0.2) is 67.0 Å². The van der Waals surface area contributed by atoms with Crippen molar-refractivity contribution in [1.29, 1.82) is 0 Å². The monoisotopic (exact) mass is 423 g/mol. The van der Waals surface area contributed by atoms with E-state index in [9.17, 15) is 10.2 Å². The summed E-state index contributed by atoms with van der Waals surface area (Å²) in [4.78, 5) is 4.16. The van der Waals surface area contributed by atoms with E-state index in [1.54, 1.807) is 23.9 Å². The molecule has 164 valence electrons. The Labute approximate surface area is 182 Å². The summed E-state index contributed by atoms with van der Waals surface area (Å²) in [5.74, 6) is 1.23.